The van der Waals surface area contributed by atoms with Crippen molar-refractivity contribution in [2.75, 3.05) is 24.7 Å². The van der Waals surface area contributed by atoms with Gasteiger partial charge >= 0.3 is 12.0 Å². The van der Waals surface area contributed by atoms with Crippen molar-refractivity contribution in [3.63, 3.8) is 0 Å². The van der Waals surface area contributed by atoms with Crippen molar-refractivity contribution >= 4 is 45.6 Å². The van der Waals surface area contributed by atoms with Crippen LogP contribution in [-0.2, 0) is 14.3 Å². The van der Waals surface area contributed by atoms with Crippen LogP contribution < -0.4 is 4.90 Å². The fourth-order valence-electron chi connectivity index (χ4n) is 5.00. The number of nitrogens with zero attached hydrogens (tertiary/aromatic N) is 3. The van der Waals surface area contributed by atoms with E-state index in [-0.39, 0.29) is 12.6 Å². The molecule has 11 heteroatoms. The van der Waals surface area contributed by atoms with Gasteiger partial charge in [0.25, 0.3) is 0 Å². The van der Waals surface area contributed by atoms with Crippen molar-refractivity contribution < 1.29 is 28.6 Å². The summed E-state index contributed by atoms with van der Waals surface area (Å²) in [4.78, 5) is 34.4. The van der Waals surface area contributed by atoms with Gasteiger partial charge in [0, 0.05) is 29.4 Å². The van der Waals surface area contributed by atoms with Gasteiger partial charge in [-0.25, -0.2) is 14.6 Å². The number of anilines is 1. The molecular formula is C28H30ClN3O6S. The van der Waals surface area contributed by atoms with Crippen molar-refractivity contribution in [3.8, 4) is 10.8 Å². The van der Waals surface area contributed by atoms with E-state index >= 15 is 0 Å². The molecule has 0 unspecified atom stereocenters. The molecule has 4 heterocycles. The SMILES string of the molecule is C=C1c2c(sc(-c3ncco3)c2C)N(C[C@H](OC2CCOCC2)c2ccccc2Cl)C(=O)N1C(C)(C)C(=O)O. The predicted octanol–water partition coefficient (Wildman–Crippen LogP) is 6.38. The molecule has 0 saturated carbocycles. The molecule has 3 aromatic rings. The second-order valence-corrected chi connectivity index (χ2v) is 11.5. The van der Waals surface area contributed by atoms with Crippen LogP contribution in [0.4, 0.5) is 9.80 Å². The number of amides is 2. The summed E-state index contributed by atoms with van der Waals surface area (Å²) in [5.74, 6) is -0.737. The molecule has 1 saturated heterocycles. The zero-order valence-electron chi connectivity index (χ0n) is 22.0. The van der Waals surface area contributed by atoms with Gasteiger partial charge in [-0.2, -0.15) is 0 Å². The van der Waals surface area contributed by atoms with Gasteiger partial charge in [0.2, 0.25) is 5.89 Å². The monoisotopic (exact) mass is 571 g/mol. The van der Waals surface area contributed by atoms with Crippen LogP contribution in [0.3, 0.4) is 0 Å². The number of hydrogen-bond donors (Lipinski definition) is 1. The standard InChI is InChI=1S/C28H30ClN3O6S/c1-16-22-17(2)32(28(3,4)26(33)34)27(35)31(25(22)39-23(16)24-30-11-14-37-24)15-21(19-7-5-6-8-20(19)29)38-18-9-12-36-13-10-18/h5-8,11,14,18,21H,2,9-10,12-13,15H2,1,3-4H3,(H,33,34)/t21-/m0/s1. The molecule has 0 bridgehead atoms. The molecule has 2 aromatic heterocycles. The quantitative estimate of drug-likeness (QED) is 0.334. The molecule has 0 radical (unpaired) electrons. The normalized spacial score (nSPS) is 17.4. The summed E-state index contributed by atoms with van der Waals surface area (Å²) < 4.78 is 17.7. The second kappa shape index (κ2) is 10.8. The Balaban J connectivity index is 1.63. The first-order valence-corrected chi connectivity index (χ1v) is 13.9. The zero-order valence-corrected chi connectivity index (χ0v) is 23.6. The van der Waals surface area contributed by atoms with E-state index in [1.54, 1.807) is 17.2 Å². The molecule has 39 heavy (non-hydrogen) atoms. The Morgan fingerprint density at radius 2 is 2.05 bits per heavy atom. The van der Waals surface area contributed by atoms with E-state index in [2.05, 4.69) is 11.6 Å². The highest BCUT2D eigenvalue weighted by atomic mass is 35.5. The summed E-state index contributed by atoms with van der Waals surface area (Å²) >= 11 is 7.97. The highest BCUT2D eigenvalue weighted by Gasteiger charge is 2.48. The molecule has 2 amide bonds. The topological polar surface area (TPSA) is 105 Å². The van der Waals surface area contributed by atoms with Crippen molar-refractivity contribution in [1.29, 1.82) is 0 Å². The number of urea groups is 1. The Labute approximate surface area is 235 Å². The van der Waals surface area contributed by atoms with E-state index in [0.29, 0.717) is 40.4 Å². The zero-order chi connectivity index (χ0) is 27.9. The van der Waals surface area contributed by atoms with Crippen LogP contribution in [0, 0.1) is 6.92 Å². The third kappa shape index (κ3) is 4.98. The predicted molar refractivity (Wildman–Crippen MR) is 149 cm³/mol. The Morgan fingerprint density at radius 1 is 1.33 bits per heavy atom. The number of thiophene rings is 1. The van der Waals surface area contributed by atoms with Crippen LogP contribution in [0.2, 0.25) is 5.02 Å². The number of carbonyl (C=O) groups excluding carboxylic acids is 1. The fourth-order valence-corrected chi connectivity index (χ4v) is 6.53. The van der Waals surface area contributed by atoms with Gasteiger partial charge < -0.3 is 19.0 Å². The molecule has 0 aliphatic carbocycles. The van der Waals surface area contributed by atoms with Gasteiger partial charge in [-0.05, 0) is 45.2 Å². The van der Waals surface area contributed by atoms with Crippen LogP contribution in [0.15, 0.2) is 47.7 Å². The number of carboxylic acids is 1. The third-order valence-corrected chi connectivity index (χ3v) is 8.84. The summed E-state index contributed by atoms with van der Waals surface area (Å²) in [5, 5.41) is 11.2. The molecule has 9 nitrogen and oxygen atoms in total. The summed E-state index contributed by atoms with van der Waals surface area (Å²) in [6.07, 6.45) is 3.84. The second-order valence-electron chi connectivity index (χ2n) is 10.1. The minimum atomic E-state index is -1.57. The number of aliphatic carboxylic acids is 1. The van der Waals surface area contributed by atoms with E-state index in [1.807, 2.05) is 25.1 Å². The number of halogens is 1. The van der Waals surface area contributed by atoms with Crippen molar-refractivity contribution in [2.45, 2.75) is 51.4 Å². The lowest BCUT2D eigenvalue weighted by Gasteiger charge is -2.44. The number of oxazole rings is 1. The minimum absolute atomic E-state index is 0.0751. The highest BCUT2D eigenvalue weighted by Crippen LogP contribution is 2.50. The largest absolute Gasteiger partial charge is 0.480 e. The number of aromatic nitrogens is 1. The molecule has 5 rings (SSSR count). The van der Waals surface area contributed by atoms with Gasteiger partial charge in [-0.15, -0.1) is 11.3 Å². The van der Waals surface area contributed by atoms with Crippen LogP contribution in [0.25, 0.3) is 16.5 Å². The fraction of sp³-hybridized carbons (Fsp3) is 0.393. The smallest absolute Gasteiger partial charge is 0.330 e. The van der Waals surface area contributed by atoms with Gasteiger partial charge in [0.1, 0.15) is 22.9 Å². The summed E-state index contributed by atoms with van der Waals surface area (Å²) in [6, 6.07) is 6.89. The summed E-state index contributed by atoms with van der Waals surface area (Å²) in [7, 11) is 0. The number of carboxylic acid groups (broad SMARTS) is 1. The average Bonchev–Trinajstić information content (AvgIpc) is 3.55. The van der Waals surface area contributed by atoms with Gasteiger partial charge in [0.15, 0.2) is 0 Å². The lowest BCUT2D eigenvalue weighted by molar-refractivity contribution is -0.146. The van der Waals surface area contributed by atoms with Crippen molar-refractivity contribution in [1.82, 2.24) is 9.88 Å². The lowest BCUT2D eigenvalue weighted by Crippen LogP contribution is -2.58. The molecule has 2 aliphatic heterocycles. The molecule has 1 N–H and O–H groups in total. The van der Waals surface area contributed by atoms with Gasteiger partial charge in [-0.3, -0.25) is 9.80 Å². The molecule has 1 fully saturated rings. The third-order valence-electron chi connectivity index (χ3n) is 7.19. The molecule has 206 valence electrons. The van der Waals surface area contributed by atoms with Crippen LogP contribution in [-0.4, -0.2) is 58.4 Å². The molecular weight excluding hydrogens is 542 g/mol. The first-order chi connectivity index (χ1) is 18.6. The van der Waals surface area contributed by atoms with Crippen LogP contribution >= 0.6 is 22.9 Å². The maximum Gasteiger partial charge on any atom is 0.330 e. The van der Waals surface area contributed by atoms with Crippen LogP contribution in [0.5, 0.6) is 0 Å². The number of benzene rings is 1. The molecule has 0 spiro atoms. The first-order valence-electron chi connectivity index (χ1n) is 12.7. The van der Waals surface area contributed by atoms with E-state index < -0.39 is 23.6 Å². The van der Waals surface area contributed by atoms with Crippen molar-refractivity contribution in [3.05, 3.63) is 65.0 Å². The van der Waals surface area contributed by atoms with Crippen LogP contribution in [0.1, 0.15) is 49.5 Å². The maximum atomic E-state index is 14.2. The number of rotatable bonds is 8. The molecule has 2 aliphatic rings. The van der Waals surface area contributed by atoms with Gasteiger partial charge in [0.05, 0.1) is 29.4 Å². The number of hydrogen-bond acceptors (Lipinski definition) is 7. The van der Waals surface area contributed by atoms with E-state index in [4.69, 9.17) is 25.5 Å². The summed E-state index contributed by atoms with van der Waals surface area (Å²) in [5.41, 5.74) is 0.958. The molecule has 1 aromatic carbocycles. The number of ether oxygens (including phenoxy) is 2. The summed E-state index contributed by atoms with van der Waals surface area (Å²) in [6.45, 7) is 10.3. The average molecular weight is 572 g/mol. The molecule has 1 atom stereocenters. The Bertz CT molecular complexity index is 1400. The minimum Gasteiger partial charge on any atom is -0.480 e. The Morgan fingerprint density at radius 3 is 2.69 bits per heavy atom. The number of carbonyl (C=O) groups is 2. The maximum absolute atomic E-state index is 14.2. The van der Waals surface area contributed by atoms with E-state index in [1.165, 1.54) is 36.3 Å². The number of fused-ring (bicyclic) bond motifs is 1. The lowest BCUT2D eigenvalue weighted by atomic mass is 9.97. The van der Waals surface area contributed by atoms with Gasteiger partial charge in [-0.1, -0.05) is 36.4 Å². The Hall–Kier alpha value is -3.18. The highest BCUT2D eigenvalue weighted by molar-refractivity contribution is 7.20. The first kappa shape index (κ1) is 27.4. The van der Waals surface area contributed by atoms with Crippen molar-refractivity contribution in [2.24, 2.45) is 0 Å². The Kier molecular flexibility index (Phi) is 7.56. The van der Waals surface area contributed by atoms with E-state index in [0.717, 1.165) is 28.8 Å². The van der Waals surface area contributed by atoms with E-state index in [9.17, 15) is 14.7 Å².